The van der Waals surface area contributed by atoms with Crippen LogP contribution in [0.25, 0.3) is 5.82 Å². The van der Waals surface area contributed by atoms with E-state index in [1.54, 1.807) is 13.2 Å². The van der Waals surface area contributed by atoms with E-state index in [1.807, 2.05) is 37.3 Å². The molecule has 1 amide bonds. The molecule has 0 bridgehead atoms. The lowest BCUT2D eigenvalue weighted by Gasteiger charge is -2.25. The number of hydrogen-bond acceptors (Lipinski definition) is 11. The number of carbonyl (C=O) groups is 1. The minimum Gasteiger partial charge on any atom is -0.493 e. The summed E-state index contributed by atoms with van der Waals surface area (Å²) in [5.74, 6) is 0.601. The quantitative estimate of drug-likeness (QED) is 0.197. The van der Waals surface area contributed by atoms with E-state index < -0.39 is 5.91 Å². The van der Waals surface area contributed by atoms with E-state index in [9.17, 15) is 4.79 Å². The number of hydrogen-bond donors (Lipinski definition) is 2. The average Bonchev–Trinajstić information content (AvgIpc) is 3.59. The number of carbonyl (C=O) groups excluding carboxylic acids is 1. The molecule has 0 atom stereocenters. The van der Waals surface area contributed by atoms with Crippen LogP contribution in [0.5, 0.6) is 11.5 Å². The normalized spacial score (nSPS) is 13.9. The highest BCUT2D eigenvalue weighted by atomic mass is 79.9. The summed E-state index contributed by atoms with van der Waals surface area (Å²) in [7, 11) is 1.56. The number of nitrogens with two attached hydrogens (primary N) is 1. The van der Waals surface area contributed by atoms with E-state index >= 15 is 0 Å². The fourth-order valence-electron chi connectivity index (χ4n) is 4.56. The van der Waals surface area contributed by atoms with Gasteiger partial charge >= 0.3 is 0 Å². The fourth-order valence-corrected chi connectivity index (χ4v) is 5.13. The predicted octanol–water partition coefficient (Wildman–Crippen LogP) is 3.64. The predicted molar refractivity (Wildman–Crippen MR) is 154 cm³/mol. The molecule has 0 spiro atoms. The first-order valence-electron chi connectivity index (χ1n) is 13.1. The number of ether oxygens (including phenoxy) is 2. The third-order valence-electron chi connectivity index (χ3n) is 6.74. The second-order valence-corrected chi connectivity index (χ2v) is 10.4. The Morgan fingerprint density at radius 1 is 1.22 bits per heavy atom. The number of aryl methyl sites for hydroxylation is 1. The first-order chi connectivity index (χ1) is 19.9. The monoisotopic (exact) mass is 623 g/mol. The van der Waals surface area contributed by atoms with Gasteiger partial charge < -0.3 is 15.2 Å². The van der Waals surface area contributed by atoms with E-state index in [0.717, 1.165) is 37.1 Å². The van der Waals surface area contributed by atoms with Crippen molar-refractivity contribution in [2.75, 3.05) is 25.9 Å². The van der Waals surface area contributed by atoms with Gasteiger partial charge in [0.25, 0.3) is 5.91 Å². The van der Waals surface area contributed by atoms with E-state index in [4.69, 9.17) is 19.8 Å². The summed E-state index contributed by atoms with van der Waals surface area (Å²) in [6.45, 7) is 4.71. The van der Waals surface area contributed by atoms with Crippen molar-refractivity contribution in [2.45, 2.75) is 39.3 Å². The summed E-state index contributed by atoms with van der Waals surface area (Å²) >= 11 is 3.57. The van der Waals surface area contributed by atoms with Crippen LogP contribution in [0.4, 0.5) is 5.82 Å². The van der Waals surface area contributed by atoms with Gasteiger partial charge in [0.15, 0.2) is 17.2 Å². The van der Waals surface area contributed by atoms with Crippen LogP contribution in [0.15, 0.2) is 50.6 Å². The topological polar surface area (TPSA) is 159 Å². The molecule has 3 heterocycles. The van der Waals surface area contributed by atoms with Crippen LogP contribution in [-0.2, 0) is 13.2 Å². The second-order valence-electron chi connectivity index (χ2n) is 9.55. The lowest BCUT2D eigenvalue weighted by atomic mass is 10.1. The van der Waals surface area contributed by atoms with Crippen LogP contribution in [-0.4, -0.2) is 62.5 Å². The van der Waals surface area contributed by atoms with Gasteiger partial charge in [-0.2, -0.15) is 9.78 Å². The smallest absolute Gasteiger partial charge is 0.292 e. The molecular weight excluding hydrogens is 594 g/mol. The molecule has 1 fully saturated rings. The molecule has 13 nitrogen and oxygen atoms in total. The highest BCUT2D eigenvalue weighted by Crippen LogP contribution is 2.37. The first-order valence-corrected chi connectivity index (χ1v) is 13.9. The highest BCUT2D eigenvalue weighted by Gasteiger charge is 2.26. The molecule has 14 heteroatoms. The van der Waals surface area contributed by atoms with Gasteiger partial charge in [-0.05, 0) is 87.9 Å². The molecule has 214 valence electrons. The fraction of sp³-hybridized carbons (Fsp3) is 0.333. The van der Waals surface area contributed by atoms with Crippen LogP contribution in [0.1, 0.15) is 52.1 Å². The van der Waals surface area contributed by atoms with Crippen molar-refractivity contribution >= 4 is 33.9 Å². The van der Waals surface area contributed by atoms with Crippen LogP contribution in [0, 0.1) is 6.92 Å². The number of nitrogens with one attached hydrogen (secondary N) is 1. The summed E-state index contributed by atoms with van der Waals surface area (Å²) in [5, 5.41) is 19.9. The SMILES string of the molecule is COc1cc(/C=N\NC(=O)c2c(CN3CCCCC3)nnn2-c2nonc2N)cc(Br)c1OCc1ccccc1C. The maximum Gasteiger partial charge on any atom is 0.292 e. The maximum atomic E-state index is 13.4. The molecule has 2 aromatic heterocycles. The molecule has 0 aliphatic carbocycles. The first kappa shape index (κ1) is 28.2. The lowest BCUT2D eigenvalue weighted by molar-refractivity contribution is 0.0944. The summed E-state index contributed by atoms with van der Waals surface area (Å²) in [4.78, 5) is 15.6. The molecule has 1 aliphatic rings. The number of likely N-dealkylation sites (tertiary alicyclic amines) is 1. The van der Waals surface area contributed by atoms with Crippen molar-refractivity contribution in [3.63, 3.8) is 0 Å². The maximum absolute atomic E-state index is 13.4. The Morgan fingerprint density at radius 3 is 2.76 bits per heavy atom. The van der Waals surface area contributed by atoms with Crippen molar-refractivity contribution in [3.8, 4) is 17.3 Å². The summed E-state index contributed by atoms with van der Waals surface area (Å²) < 4.78 is 18.2. The third kappa shape index (κ3) is 6.55. The molecule has 1 aliphatic heterocycles. The average molecular weight is 624 g/mol. The number of halogens is 1. The largest absolute Gasteiger partial charge is 0.493 e. The van der Waals surface area contributed by atoms with Gasteiger partial charge in [-0.3, -0.25) is 9.69 Å². The number of rotatable bonds is 10. The van der Waals surface area contributed by atoms with Crippen LogP contribution in [0.2, 0.25) is 0 Å². The minimum absolute atomic E-state index is 0.0151. The summed E-state index contributed by atoms with van der Waals surface area (Å²) in [5.41, 5.74) is 11.9. The van der Waals surface area contributed by atoms with Crippen molar-refractivity contribution in [1.29, 1.82) is 0 Å². The Labute approximate surface area is 244 Å². The number of nitrogens with zero attached hydrogens (tertiary/aromatic N) is 7. The molecule has 41 heavy (non-hydrogen) atoms. The van der Waals surface area contributed by atoms with Crippen LogP contribution in [0.3, 0.4) is 0 Å². The minimum atomic E-state index is -0.537. The number of methoxy groups -OCH3 is 1. The molecule has 0 unspecified atom stereocenters. The number of benzene rings is 2. The van der Waals surface area contributed by atoms with Gasteiger partial charge in [0, 0.05) is 6.54 Å². The number of amides is 1. The number of hydrazone groups is 1. The van der Waals surface area contributed by atoms with Gasteiger partial charge in [-0.1, -0.05) is 35.9 Å². The van der Waals surface area contributed by atoms with E-state index in [-0.39, 0.29) is 17.3 Å². The number of nitrogen functional groups attached to an aromatic ring is 1. The molecule has 3 N–H and O–H groups in total. The molecule has 0 saturated carbocycles. The van der Waals surface area contributed by atoms with Crippen molar-refractivity contribution in [2.24, 2.45) is 5.10 Å². The Balaban J connectivity index is 1.33. The van der Waals surface area contributed by atoms with Crippen molar-refractivity contribution in [1.82, 2.24) is 35.6 Å². The lowest BCUT2D eigenvalue weighted by Crippen LogP contribution is -2.31. The van der Waals surface area contributed by atoms with Gasteiger partial charge in [-0.25, -0.2) is 10.1 Å². The van der Waals surface area contributed by atoms with E-state index in [0.29, 0.717) is 40.4 Å². The Morgan fingerprint density at radius 2 is 2.02 bits per heavy atom. The number of aromatic nitrogens is 5. The molecular formula is C27H30BrN9O4. The zero-order chi connectivity index (χ0) is 28.8. The molecule has 4 aromatic rings. The number of piperidine rings is 1. The molecule has 1 saturated heterocycles. The van der Waals surface area contributed by atoms with E-state index in [2.05, 4.69) is 52.0 Å². The van der Waals surface area contributed by atoms with Crippen molar-refractivity contribution in [3.05, 3.63) is 68.9 Å². The molecule has 2 aromatic carbocycles. The van der Waals surface area contributed by atoms with Crippen LogP contribution >= 0.6 is 15.9 Å². The molecule has 0 radical (unpaired) electrons. The van der Waals surface area contributed by atoms with Gasteiger partial charge in [-0.15, -0.1) is 5.10 Å². The van der Waals surface area contributed by atoms with Gasteiger partial charge in [0.05, 0.1) is 17.8 Å². The third-order valence-corrected chi connectivity index (χ3v) is 7.33. The second kappa shape index (κ2) is 12.9. The van der Waals surface area contributed by atoms with Gasteiger partial charge in [0.2, 0.25) is 11.6 Å². The Bertz CT molecular complexity index is 1550. The van der Waals surface area contributed by atoms with E-state index in [1.165, 1.54) is 17.3 Å². The van der Waals surface area contributed by atoms with Crippen LogP contribution < -0.4 is 20.6 Å². The summed E-state index contributed by atoms with van der Waals surface area (Å²) in [6.07, 6.45) is 4.87. The highest BCUT2D eigenvalue weighted by molar-refractivity contribution is 9.10. The Hall–Kier alpha value is -4.30. The zero-order valence-corrected chi connectivity index (χ0v) is 24.3. The van der Waals surface area contributed by atoms with Gasteiger partial charge in [0.1, 0.15) is 12.3 Å². The number of anilines is 1. The summed E-state index contributed by atoms with van der Waals surface area (Å²) in [6, 6.07) is 11.6. The molecule has 5 rings (SSSR count). The van der Waals surface area contributed by atoms with Crippen molar-refractivity contribution < 1.29 is 18.9 Å². The Kier molecular flexibility index (Phi) is 8.89. The zero-order valence-electron chi connectivity index (χ0n) is 22.7. The standard InChI is InChI=1S/C27H30BrN9O4/c1-17-8-4-5-9-19(17)16-40-24-20(28)12-18(13-22(24)39-2)14-30-32-27(38)23-21(15-36-10-6-3-7-11-36)31-35-37(23)26-25(29)33-41-34-26/h4-5,8-9,12-14H,3,6-7,10-11,15-16H2,1-2H3,(H2,29,33)(H,32,38)/b30-14-.